The third kappa shape index (κ3) is 5.06. The van der Waals surface area contributed by atoms with Gasteiger partial charge in [0.1, 0.15) is 5.75 Å². The van der Waals surface area contributed by atoms with Crippen LogP contribution in [0.25, 0.3) is 0 Å². The van der Waals surface area contributed by atoms with E-state index in [1.165, 1.54) is 7.11 Å². The Hall–Kier alpha value is -2.62. The van der Waals surface area contributed by atoms with E-state index in [9.17, 15) is 13.2 Å². The molecule has 0 bridgehead atoms. The first-order valence-corrected chi connectivity index (χ1v) is 10.8. The van der Waals surface area contributed by atoms with Crippen LogP contribution in [-0.2, 0) is 21.4 Å². The van der Waals surface area contributed by atoms with Crippen LogP contribution in [0.5, 0.6) is 5.75 Å². The van der Waals surface area contributed by atoms with E-state index in [1.54, 1.807) is 31.2 Å². The summed E-state index contributed by atoms with van der Waals surface area (Å²) in [5.74, 6) is -0.507. The molecule has 0 aliphatic carbocycles. The summed E-state index contributed by atoms with van der Waals surface area (Å²) >= 11 is 0. The molecule has 1 saturated heterocycles. The molecular formula is C20H26N4O4S. The largest absolute Gasteiger partial charge is 0.497 e. The van der Waals surface area contributed by atoms with E-state index in [4.69, 9.17) is 4.74 Å². The van der Waals surface area contributed by atoms with Gasteiger partial charge >= 0.3 is 0 Å². The Morgan fingerprint density at radius 2 is 1.72 bits per heavy atom. The molecule has 1 fully saturated rings. The number of carbonyl (C=O) groups is 1. The van der Waals surface area contributed by atoms with Crippen LogP contribution in [0.15, 0.2) is 48.5 Å². The monoisotopic (exact) mass is 418 g/mol. The van der Waals surface area contributed by atoms with Gasteiger partial charge in [-0.15, -0.1) is 0 Å². The topological polar surface area (TPSA) is 109 Å². The third-order valence-electron chi connectivity index (χ3n) is 4.89. The number of hydrogen-bond acceptors (Lipinski definition) is 6. The first-order valence-electron chi connectivity index (χ1n) is 9.30. The maximum absolute atomic E-state index is 12.9. The van der Waals surface area contributed by atoms with Gasteiger partial charge in [0.25, 0.3) is 10.0 Å². The Bertz CT molecular complexity index is 945. The Labute approximate surface area is 171 Å². The SMILES string of the molecule is COc1ccc(NS(=O)(=O)C2NNC(C)C2C(=O)NCc2ccc(C)cc2)cc1. The Morgan fingerprint density at radius 3 is 2.34 bits per heavy atom. The van der Waals surface area contributed by atoms with E-state index in [-0.39, 0.29) is 11.9 Å². The van der Waals surface area contributed by atoms with Crippen molar-refractivity contribution in [1.29, 1.82) is 0 Å². The number of benzene rings is 2. The van der Waals surface area contributed by atoms with Crippen molar-refractivity contribution in [2.24, 2.45) is 5.92 Å². The fourth-order valence-electron chi connectivity index (χ4n) is 3.19. The molecule has 0 aromatic heterocycles. The van der Waals surface area contributed by atoms with Crippen molar-refractivity contribution < 1.29 is 17.9 Å². The van der Waals surface area contributed by atoms with Crippen LogP contribution in [-0.4, -0.2) is 32.9 Å². The number of carbonyl (C=O) groups excluding carboxylic acids is 1. The molecule has 2 aromatic rings. The average Bonchev–Trinajstić information content (AvgIpc) is 3.10. The highest BCUT2D eigenvalue weighted by Gasteiger charge is 2.45. The molecule has 3 rings (SSSR count). The van der Waals surface area contributed by atoms with Crippen molar-refractivity contribution >= 4 is 21.6 Å². The number of hydrazine groups is 1. The average molecular weight is 419 g/mol. The van der Waals surface area contributed by atoms with Gasteiger partial charge in [-0.05, 0) is 43.7 Å². The predicted octanol–water partition coefficient (Wildman–Crippen LogP) is 1.50. The van der Waals surface area contributed by atoms with E-state index in [1.807, 2.05) is 31.2 Å². The van der Waals surface area contributed by atoms with E-state index in [0.717, 1.165) is 11.1 Å². The summed E-state index contributed by atoms with van der Waals surface area (Å²) in [6.45, 7) is 4.10. The summed E-state index contributed by atoms with van der Waals surface area (Å²) < 4.78 is 33.4. The smallest absolute Gasteiger partial charge is 0.250 e. The van der Waals surface area contributed by atoms with Gasteiger partial charge in [-0.1, -0.05) is 29.8 Å². The highest BCUT2D eigenvalue weighted by atomic mass is 32.2. The normalized spacial score (nSPS) is 21.6. The molecule has 2 aromatic carbocycles. The summed E-state index contributed by atoms with van der Waals surface area (Å²) in [5.41, 5.74) is 8.08. The van der Waals surface area contributed by atoms with Crippen LogP contribution in [0.1, 0.15) is 18.1 Å². The second-order valence-electron chi connectivity index (χ2n) is 7.10. The number of sulfonamides is 1. The fraction of sp³-hybridized carbons (Fsp3) is 0.350. The summed E-state index contributed by atoms with van der Waals surface area (Å²) in [4.78, 5) is 12.8. The minimum absolute atomic E-state index is 0.333. The molecule has 156 valence electrons. The van der Waals surface area contributed by atoms with Crippen molar-refractivity contribution in [1.82, 2.24) is 16.2 Å². The summed E-state index contributed by atoms with van der Waals surface area (Å²) in [6, 6.07) is 14.0. The van der Waals surface area contributed by atoms with Gasteiger partial charge < -0.3 is 10.1 Å². The standard InChI is InChI=1S/C20H26N4O4S/c1-13-4-6-15(7-5-13)12-21-19(25)18-14(2)22-23-20(18)29(26,27)24-16-8-10-17(28-3)11-9-16/h4-11,14,18,20,22-24H,12H2,1-3H3,(H,21,25). The molecule has 1 aliphatic rings. The van der Waals surface area contributed by atoms with Crippen molar-refractivity contribution in [3.63, 3.8) is 0 Å². The first-order chi connectivity index (χ1) is 13.8. The molecule has 8 nitrogen and oxygen atoms in total. The van der Waals surface area contributed by atoms with E-state index in [0.29, 0.717) is 18.0 Å². The molecular weight excluding hydrogens is 392 g/mol. The van der Waals surface area contributed by atoms with Crippen LogP contribution >= 0.6 is 0 Å². The minimum atomic E-state index is -3.87. The van der Waals surface area contributed by atoms with Gasteiger partial charge in [-0.2, -0.15) is 0 Å². The fourth-order valence-corrected chi connectivity index (χ4v) is 4.75. The molecule has 0 spiro atoms. The van der Waals surface area contributed by atoms with Crippen LogP contribution in [0.3, 0.4) is 0 Å². The molecule has 1 amide bonds. The number of aryl methyl sites for hydroxylation is 1. The van der Waals surface area contributed by atoms with Crippen LogP contribution in [0, 0.1) is 12.8 Å². The van der Waals surface area contributed by atoms with Crippen LogP contribution in [0.2, 0.25) is 0 Å². The second-order valence-corrected chi connectivity index (χ2v) is 8.90. The van der Waals surface area contributed by atoms with Crippen molar-refractivity contribution in [3.8, 4) is 5.75 Å². The molecule has 1 heterocycles. The predicted molar refractivity (Wildman–Crippen MR) is 112 cm³/mol. The van der Waals surface area contributed by atoms with E-state index < -0.39 is 21.3 Å². The molecule has 0 radical (unpaired) electrons. The van der Waals surface area contributed by atoms with Crippen LogP contribution < -0.4 is 25.6 Å². The number of amides is 1. The summed E-state index contributed by atoms with van der Waals surface area (Å²) in [5, 5.41) is 1.73. The summed E-state index contributed by atoms with van der Waals surface area (Å²) in [6.07, 6.45) is 0. The lowest BCUT2D eigenvalue weighted by atomic mass is 10.0. The maximum Gasteiger partial charge on any atom is 0.250 e. The van der Waals surface area contributed by atoms with Gasteiger partial charge in [-0.3, -0.25) is 14.9 Å². The van der Waals surface area contributed by atoms with Gasteiger partial charge in [0.15, 0.2) is 5.37 Å². The molecule has 0 saturated carbocycles. The van der Waals surface area contributed by atoms with E-state index in [2.05, 4.69) is 20.9 Å². The molecule has 4 N–H and O–H groups in total. The number of nitrogens with one attached hydrogen (secondary N) is 4. The third-order valence-corrected chi connectivity index (χ3v) is 6.49. The lowest BCUT2D eigenvalue weighted by Crippen LogP contribution is -2.47. The number of hydrogen-bond donors (Lipinski definition) is 4. The number of rotatable bonds is 7. The zero-order chi connectivity index (χ0) is 21.0. The number of ether oxygens (including phenoxy) is 1. The highest BCUT2D eigenvalue weighted by Crippen LogP contribution is 2.23. The van der Waals surface area contributed by atoms with Crippen LogP contribution in [0.4, 0.5) is 5.69 Å². The Morgan fingerprint density at radius 1 is 1.07 bits per heavy atom. The van der Waals surface area contributed by atoms with Crippen molar-refractivity contribution in [2.75, 3.05) is 11.8 Å². The molecule has 1 aliphatic heterocycles. The zero-order valence-electron chi connectivity index (χ0n) is 16.6. The molecule has 3 atom stereocenters. The lowest BCUT2D eigenvalue weighted by Gasteiger charge is -2.21. The number of methoxy groups -OCH3 is 1. The van der Waals surface area contributed by atoms with Gasteiger partial charge in [0.05, 0.1) is 13.0 Å². The Kier molecular flexibility index (Phi) is 6.41. The Balaban J connectivity index is 1.69. The zero-order valence-corrected chi connectivity index (χ0v) is 17.4. The summed E-state index contributed by atoms with van der Waals surface area (Å²) in [7, 11) is -2.34. The maximum atomic E-state index is 12.9. The van der Waals surface area contributed by atoms with Gasteiger partial charge in [0, 0.05) is 18.3 Å². The molecule has 3 unspecified atom stereocenters. The van der Waals surface area contributed by atoms with Gasteiger partial charge in [-0.25, -0.2) is 13.8 Å². The van der Waals surface area contributed by atoms with E-state index >= 15 is 0 Å². The highest BCUT2D eigenvalue weighted by molar-refractivity contribution is 7.93. The molecule has 29 heavy (non-hydrogen) atoms. The second kappa shape index (κ2) is 8.81. The van der Waals surface area contributed by atoms with Gasteiger partial charge in [0.2, 0.25) is 5.91 Å². The first kappa shape index (κ1) is 21.1. The minimum Gasteiger partial charge on any atom is -0.497 e. The lowest BCUT2D eigenvalue weighted by molar-refractivity contribution is -0.125. The quantitative estimate of drug-likeness (QED) is 0.543. The van der Waals surface area contributed by atoms with Crippen molar-refractivity contribution in [3.05, 3.63) is 59.7 Å². The number of anilines is 1. The van der Waals surface area contributed by atoms with Crippen molar-refractivity contribution in [2.45, 2.75) is 31.8 Å². The molecule has 9 heteroatoms.